The molecule has 1 aromatic carbocycles. The van der Waals surface area contributed by atoms with Crippen LogP contribution < -0.4 is 20.7 Å². The lowest BCUT2D eigenvalue weighted by molar-refractivity contribution is -0.115. The number of rotatable bonds is 4. The van der Waals surface area contributed by atoms with Gasteiger partial charge in [0.25, 0.3) is 0 Å². The third kappa shape index (κ3) is 3.59. The molecule has 1 unspecified atom stereocenters. The number of nitrogens with one attached hydrogen (secondary N) is 1. The van der Waals surface area contributed by atoms with E-state index in [0.717, 1.165) is 16.4 Å². The molecule has 128 valence electrons. The highest BCUT2D eigenvalue weighted by Crippen LogP contribution is 2.35. The largest absolute Gasteiger partial charge is 0.487 e. The van der Waals surface area contributed by atoms with Gasteiger partial charge in [0.2, 0.25) is 11.0 Å². The molecule has 2 heterocycles. The standard InChI is InChI=1S/C16H21N5O2S/c1-9(2)15-19-20-16(24-15)18-14(22)8-21-7-10(3)23-13-5-4-11(17)6-12(13)21/h4-6,9-10H,7-8,17H2,1-3H3,(H,18,20,22). The first-order valence-corrected chi connectivity index (χ1v) is 8.68. The number of amides is 1. The summed E-state index contributed by atoms with van der Waals surface area (Å²) in [4.78, 5) is 14.3. The normalized spacial score (nSPS) is 16.7. The predicted octanol–water partition coefficient (Wildman–Crippen LogP) is 2.47. The molecule has 1 aliphatic rings. The zero-order valence-corrected chi connectivity index (χ0v) is 14.8. The summed E-state index contributed by atoms with van der Waals surface area (Å²) in [6, 6.07) is 5.46. The van der Waals surface area contributed by atoms with E-state index in [1.807, 2.05) is 37.8 Å². The Kier molecular flexibility index (Phi) is 4.57. The van der Waals surface area contributed by atoms with Gasteiger partial charge in [0.15, 0.2) is 0 Å². The second kappa shape index (κ2) is 6.64. The first-order chi connectivity index (χ1) is 11.4. The summed E-state index contributed by atoms with van der Waals surface area (Å²) in [5.41, 5.74) is 7.34. The molecule has 0 radical (unpaired) electrons. The lowest BCUT2D eigenvalue weighted by atomic mass is 10.2. The molecule has 7 nitrogen and oxygen atoms in total. The summed E-state index contributed by atoms with van der Waals surface area (Å²) in [5.74, 6) is 0.904. The predicted molar refractivity (Wildman–Crippen MR) is 95.8 cm³/mol. The molecule has 3 rings (SSSR count). The number of hydrogen-bond donors (Lipinski definition) is 2. The van der Waals surface area contributed by atoms with Crippen LogP contribution in [0, 0.1) is 0 Å². The number of anilines is 3. The Morgan fingerprint density at radius 3 is 3.00 bits per heavy atom. The van der Waals surface area contributed by atoms with Crippen LogP contribution in [0.3, 0.4) is 0 Å². The number of carbonyl (C=O) groups is 1. The summed E-state index contributed by atoms with van der Waals surface area (Å²) >= 11 is 1.40. The molecule has 0 saturated carbocycles. The smallest absolute Gasteiger partial charge is 0.245 e. The summed E-state index contributed by atoms with van der Waals surface area (Å²) < 4.78 is 5.80. The van der Waals surface area contributed by atoms with Crippen molar-refractivity contribution in [1.29, 1.82) is 0 Å². The van der Waals surface area contributed by atoms with Crippen molar-refractivity contribution in [1.82, 2.24) is 10.2 Å². The Bertz CT molecular complexity index is 746. The molecule has 0 saturated heterocycles. The van der Waals surface area contributed by atoms with Gasteiger partial charge in [-0.3, -0.25) is 10.1 Å². The van der Waals surface area contributed by atoms with Gasteiger partial charge in [0.1, 0.15) is 16.9 Å². The first-order valence-electron chi connectivity index (χ1n) is 7.86. The summed E-state index contributed by atoms with van der Waals surface area (Å²) in [5, 5.41) is 12.3. The van der Waals surface area contributed by atoms with E-state index in [9.17, 15) is 4.79 Å². The lowest BCUT2D eigenvalue weighted by Gasteiger charge is -2.34. The highest BCUT2D eigenvalue weighted by molar-refractivity contribution is 7.15. The van der Waals surface area contributed by atoms with Crippen molar-refractivity contribution in [2.45, 2.75) is 32.8 Å². The van der Waals surface area contributed by atoms with E-state index in [1.54, 1.807) is 6.07 Å². The Hall–Kier alpha value is -2.35. The van der Waals surface area contributed by atoms with Crippen LogP contribution in [-0.4, -0.2) is 35.3 Å². The van der Waals surface area contributed by atoms with Crippen molar-refractivity contribution < 1.29 is 9.53 Å². The van der Waals surface area contributed by atoms with Crippen LogP contribution in [0.15, 0.2) is 18.2 Å². The van der Waals surface area contributed by atoms with E-state index in [1.165, 1.54) is 11.3 Å². The first kappa shape index (κ1) is 16.5. The molecular weight excluding hydrogens is 326 g/mol. The number of nitrogens with zero attached hydrogens (tertiary/aromatic N) is 3. The van der Waals surface area contributed by atoms with Crippen molar-refractivity contribution in [2.24, 2.45) is 0 Å². The second-order valence-corrected chi connectivity index (χ2v) is 7.19. The third-order valence-electron chi connectivity index (χ3n) is 3.64. The second-order valence-electron chi connectivity index (χ2n) is 6.18. The van der Waals surface area contributed by atoms with Gasteiger partial charge >= 0.3 is 0 Å². The molecule has 24 heavy (non-hydrogen) atoms. The maximum Gasteiger partial charge on any atom is 0.245 e. The van der Waals surface area contributed by atoms with Crippen LogP contribution in [0.5, 0.6) is 5.75 Å². The summed E-state index contributed by atoms with van der Waals surface area (Å²) in [6.45, 7) is 6.90. The molecule has 1 atom stereocenters. The van der Waals surface area contributed by atoms with Crippen molar-refractivity contribution in [2.75, 3.05) is 29.0 Å². The van der Waals surface area contributed by atoms with Crippen molar-refractivity contribution in [3.8, 4) is 5.75 Å². The van der Waals surface area contributed by atoms with Crippen LogP contribution in [-0.2, 0) is 4.79 Å². The SMILES string of the molecule is CC1CN(CC(=O)Nc2nnc(C(C)C)s2)c2cc(N)ccc2O1. The maximum atomic E-state index is 12.4. The fourth-order valence-electron chi connectivity index (χ4n) is 2.54. The van der Waals surface area contributed by atoms with Crippen LogP contribution in [0.25, 0.3) is 0 Å². The quantitative estimate of drug-likeness (QED) is 0.825. The molecule has 0 aliphatic carbocycles. The Morgan fingerprint density at radius 1 is 1.50 bits per heavy atom. The fourth-order valence-corrected chi connectivity index (χ4v) is 3.31. The number of fused-ring (bicyclic) bond motifs is 1. The van der Waals surface area contributed by atoms with Gasteiger partial charge in [-0.1, -0.05) is 25.2 Å². The molecule has 8 heteroatoms. The molecule has 1 aliphatic heterocycles. The molecule has 3 N–H and O–H groups in total. The van der Waals surface area contributed by atoms with E-state index in [2.05, 4.69) is 15.5 Å². The van der Waals surface area contributed by atoms with E-state index < -0.39 is 0 Å². The monoisotopic (exact) mass is 347 g/mol. The van der Waals surface area contributed by atoms with E-state index >= 15 is 0 Å². The third-order valence-corrected chi connectivity index (χ3v) is 4.78. The van der Waals surface area contributed by atoms with Crippen LogP contribution >= 0.6 is 11.3 Å². The maximum absolute atomic E-state index is 12.4. The number of carbonyl (C=O) groups excluding carboxylic acids is 1. The van der Waals surface area contributed by atoms with Gasteiger partial charge in [-0.2, -0.15) is 0 Å². The minimum Gasteiger partial charge on any atom is -0.487 e. The zero-order valence-electron chi connectivity index (χ0n) is 13.9. The van der Waals surface area contributed by atoms with Crippen LogP contribution in [0.4, 0.5) is 16.5 Å². The molecule has 0 spiro atoms. The highest BCUT2D eigenvalue weighted by atomic mass is 32.1. The minimum atomic E-state index is -0.135. The van der Waals surface area contributed by atoms with Gasteiger partial charge in [0, 0.05) is 11.6 Å². The van der Waals surface area contributed by atoms with Gasteiger partial charge in [0.05, 0.1) is 18.8 Å². The molecule has 0 bridgehead atoms. The molecule has 0 fully saturated rings. The Morgan fingerprint density at radius 2 is 2.29 bits per heavy atom. The van der Waals surface area contributed by atoms with Gasteiger partial charge in [-0.25, -0.2) is 0 Å². The van der Waals surface area contributed by atoms with Crippen molar-refractivity contribution in [3.63, 3.8) is 0 Å². The van der Waals surface area contributed by atoms with E-state index in [-0.39, 0.29) is 18.6 Å². The number of ether oxygens (including phenoxy) is 1. The van der Waals surface area contributed by atoms with Gasteiger partial charge in [-0.15, -0.1) is 10.2 Å². The van der Waals surface area contributed by atoms with Crippen LogP contribution in [0.1, 0.15) is 31.7 Å². The number of nitrogens with two attached hydrogens (primary N) is 1. The molecule has 1 amide bonds. The summed E-state index contributed by atoms with van der Waals surface area (Å²) in [6.07, 6.45) is 0.00278. The number of hydrogen-bond acceptors (Lipinski definition) is 7. The van der Waals surface area contributed by atoms with E-state index in [4.69, 9.17) is 10.5 Å². The number of benzene rings is 1. The molecule has 1 aromatic heterocycles. The Balaban J connectivity index is 1.71. The lowest BCUT2D eigenvalue weighted by Crippen LogP contribution is -2.42. The topological polar surface area (TPSA) is 93.4 Å². The molecule has 2 aromatic rings. The van der Waals surface area contributed by atoms with Crippen LogP contribution in [0.2, 0.25) is 0 Å². The summed E-state index contributed by atoms with van der Waals surface area (Å²) in [7, 11) is 0. The average Bonchev–Trinajstić information content (AvgIpc) is 2.96. The Labute approximate surface area is 144 Å². The zero-order chi connectivity index (χ0) is 17.3. The van der Waals surface area contributed by atoms with Gasteiger partial charge in [-0.05, 0) is 25.1 Å². The minimum absolute atomic E-state index is 0.00278. The fraction of sp³-hybridized carbons (Fsp3) is 0.438. The van der Waals surface area contributed by atoms with E-state index in [0.29, 0.717) is 23.3 Å². The average molecular weight is 347 g/mol. The number of aromatic nitrogens is 2. The van der Waals surface area contributed by atoms with Crippen molar-refractivity contribution in [3.05, 3.63) is 23.2 Å². The molecular formula is C16H21N5O2S. The number of nitrogen functional groups attached to an aromatic ring is 1. The van der Waals surface area contributed by atoms with Crippen molar-refractivity contribution >= 4 is 33.8 Å². The van der Waals surface area contributed by atoms with Gasteiger partial charge < -0.3 is 15.4 Å². The highest BCUT2D eigenvalue weighted by Gasteiger charge is 2.25.